The van der Waals surface area contributed by atoms with Crippen LogP contribution in [-0.4, -0.2) is 80.3 Å². The number of rotatable bonds is 5. The summed E-state index contributed by atoms with van der Waals surface area (Å²) in [5, 5.41) is 0. The molecule has 27 heavy (non-hydrogen) atoms. The number of carbonyl (C=O) groups is 1. The number of ether oxygens (including phenoxy) is 2. The van der Waals surface area contributed by atoms with Crippen LogP contribution in [0.2, 0.25) is 0 Å². The highest BCUT2D eigenvalue weighted by Gasteiger charge is 2.35. The summed E-state index contributed by atoms with van der Waals surface area (Å²) < 4.78 is 10.9. The molecule has 3 heterocycles. The van der Waals surface area contributed by atoms with Gasteiger partial charge in [-0.2, -0.15) is 0 Å². The van der Waals surface area contributed by atoms with Crippen molar-refractivity contribution >= 4 is 5.91 Å². The second kappa shape index (κ2) is 7.68. The Hall–Kier alpha value is -1.79. The van der Waals surface area contributed by atoms with Crippen LogP contribution in [0.3, 0.4) is 0 Å². The van der Waals surface area contributed by atoms with Crippen LogP contribution >= 0.6 is 0 Å². The minimum atomic E-state index is 0.115. The summed E-state index contributed by atoms with van der Waals surface area (Å²) in [7, 11) is 2.17. The summed E-state index contributed by atoms with van der Waals surface area (Å²) in [6, 6.07) is 6.22. The van der Waals surface area contributed by atoms with Gasteiger partial charge in [-0.3, -0.25) is 9.69 Å². The summed E-state index contributed by atoms with van der Waals surface area (Å²) in [5.41, 5.74) is 1.37. The highest BCUT2D eigenvalue weighted by Crippen LogP contribution is 2.37. The quantitative estimate of drug-likeness (QED) is 0.788. The van der Waals surface area contributed by atoms with E-state index in [0.717, 1.165) is 70.2 Å². The van der Waals surface area contributed by atoms with Crippen LogP contribution < -0.4 is 9.47 Å². The minimum absolute atomic E-state index is 0.115. The van der Waals surface area contributed by atoms with Crippen LogP contribution in [0.1, 0.15) is 25.3 Å². The Bertz CT molecular complexity index is 687. The van der Waals surface area contributed by atoms with Crippen molar-refractivity contribution in [2.24, 2.45) is 5.41 Å². The average Bonchev–Trinajstić information content (AvgIpc) is 3.12. The Labute approximate surface area is 162 Å². The van der Waals surface area contributed by atoms with Gasteiger partial charge in [0.1, 0.15) is 0 Å². The predicted molar refractivity (Wildman–Crippen MR) is 104 cm³/mol. The first-order valence-corrected chi connectivity index (χ1v) is 10.1. The van der Waals surface area contributed by atoms with E-state index < -0.39 is 0 Å². The Morgan fingerprint density at radius 1 is 1.07 bits per heavy atom. The number of fused-ring (bicyclic) bond motifs is 1. The smallest absolute Gasteiger partial charge is 0.231 e. The Kier molecular flexibility index (Phi) is 5.28. The summed E-state index contributed by atoms with van der Waals surface area (Å²) in [5.74, 6) is 1.98. The Morgan fingerprint density at radius 3 is 2.67 bits per heavy atom. The molecule has 0 unspecified atom stereocenters. The summed E-state index contributed by atoms with van der Waals surface area (Å²) in [4.78, 5) is 19.4. The van der Waals surface area contributed by atoms with Crippen molar-refractivity contribution in [3.05, 3.63) is 23.8 Å². The molecule has 0 saturated carbocycles. The van der Waals surface area contributed by atoms with Crippen molar-refractivity contribution in [2.45, 2.75) is 26.2 Å². The minimum Gasteiger partial charge on any atom is -0.454 e. The Balaban J connectivity index is 1.35. The molecule has 3 aliphatic rings. The van der Waals surface area contributed by atoms with Crippen LogP contribution in [0.4, 0.5) is 0 Å². The molecule has 6 heteroatoms. The second-order valence-corrected chi connectivity index (χ2v) is 8.64. The predicted octanol–water partition coefficient (Wildman–Crippen LogP) is 1.83. The van der Waals surface area contributed by atoms with Gasteiger partial charge in [0, 0.05) is 52.2 Å². The summed E-state index contributed by atoms with van der Waals surface area (Å²) in [6.07, 6.45) is 2.57. The molecule has 1 aromatic carbocycles. The largest absolute Gasteiger partial charge is 0.454 e. The van der Waals surface area contributed by atoms with Crippen LogP contribution in [0.5, 0.6) is 11.5 Å². The van der Waals surface area contributed by atoms with Gasteiger partial charge in [-0.05, 0) is 43.0 Å². The first-order chi connectivity index (χ1) is 13.0. The van der Waals surface area contributed by atoms with E-state index in [4.69, 9.17) is 9.47 Å². The summed E-state index contributed by atoms with van der Waals surface area (Å²) >= 11 is 0. The molecule has 2 saturated heterocycles. The number of hydrogen-bond acceptors (Lipinski definition) is 5. The van der Waals surface area contributed by atoms with Gasteiger partial charge < -0.3 is 19.3 Å². The van der Waals surface area contributed by atoms with Gasteiger partial charge in [0.25, 0.3) is 0 Å². The zero-order valence-corrected chi connectivity index (χ0v) is 16.6. The van der Waals surface area contributed by atoms with Crippen molar-refractivity contribution in [2.75, 3.05) is 59.7 Å². The van der Waals surface area contributed by atoms with Crippen molar-refractivity contribution in [3.63, 3.8) is 0 Å². The first-order valence-electron chi connectivity index (χ1n) is 10.1. The lowest BCUT2D eigenvalue weighted by Crippen LogP contribution is -2.51. The molecule has 1 atom stereocenters. The fourth-order valence-electron chi connectivity index (χ4n) is 4.42. The number of carbonyl (C=O) groups excluding carboxylic acids is 1. The number of piperazine rings is 1. The SMILES string of the molecule is CN1CCN(CCN2C[C@@](C)(Cc3ccc4c(c3)OCO4)CCC2=O)CC1. The van der Waals surface area contributed by atoms with Crippen molar-refractivity contribution in [1.82, 2.24) is 14.7 Å². The standard InChI is InChI=1S/C21H31N3O3/c1-21(14-17-3-4-18-19(13-17)27-16-26-18)6-5-20(25)24(15-21)12-11-23-9-7-22(2)8-10-23/h3-4,13H,5-12,14-16H2,1-2H3/t21-/m1/s1. The maximum absolute atomic E-state index is 12.5. The monoisotopic (exact) mass is 373 g/mol. The van der Waals surface area contributed by atoms with Gasteiger partial charge in [0.15, 0.2) is 11.5 Å². The molecule has 1 amide bonds. The molecular formula is C21H31N3O3. The number of amides is 1. The third-order valence-corrected chi connectivity index (χ3v) is 6.22. The molecule has 0 aliphatic carbocycles. The molecule has 0 radical (unpaired) electrons. The molecule has 0 spiro atoms. The van der Waals surface area contributed by atoms with Gasteiger partial charge in [0.05, 0.1) is 0 Å². The van der Waals surface area contributed by atoms with Crippen molar-refractivity contribution in [1.29, 1.82) is 0 Å². The van der Waals surface area contributed by atoms with Crippen molar-refractivity contribution < 1.29 is 14.3 Å². The van der Waals surface area contributed by atoms with Gasteiger partial charge in [-0.25, -0.2) is 0 Å². The number of likely N-dealkylation sites (tertiary alicyclic amines) is 1. The second-order valence-electron chi connectivity index (χ2n) is 8.64. The third kappa shape index (κ3) is 4.38. The van der Waals surface area contributed by atoms with E-state index in [0.29, 0.717) is 19.1 Å². The number of likely N-dealkylation sites (N-methyl/N-ethyl adjacent to an activating group) is 1. The van der Waals surface area contributed by atoms with E-state index in [1.54, 1.807) is 0 Å². The number of piperidine rings is 1. The molecule has 3 aliphatic heterocycles. The van der Waals surface area contributed by atoms with E-state index in [-0.39, 0.29) is 5.41 Å². The molecule has 0 aromatic heterocycles. The lowest BCUT2D eigenvalue weighted by molar-refractivity contribution is -0.137. The molecule has 6 nitrogen and oxygen atoms in total. The zero-order chi connectivity index (χ0) is 18.9. The number of hydrogen-bond donors (Lipinski definition) is 0. The fourth-order valence-corrected chi connectivity index (χ4v) is 4.42. The Morgan fingerprint density at radius 2 is 1.85 bits per heavy atom. The molecule has 0 bridgehead atoms. The van der Waals surface area contributed by atoms with Gasteiger partial charge in [0.2, 0.25) is 12.7 Å². The molecule has 4 rings (SSSR count). The first kappa shape index (κ1) is 18.6. The lowest BCUT2D eigenvalue weighted by Gasteiger charge is -2.42. The van der Waals surface area contributed by atoms with E-state index in [2.05, 4.69) is 40.8 Å². The number of benzene rings is 1. The van der Waals surface area contributed by atoms with Crippen LogP contribution in [-0.2, 0) is 11.2 Å². The molecule has 148 valence electrons. The zero-order valence-electron chi connectivity index (χ0n) is 16.6. The number of nitrogens with zero attached hydrogens (tertiary/aromatic N) is 3. The fraction of sp³-hybridized carbons (Fsp3) is 0.667. The van der Waals surface area contributed by atoms with Gasteiger partial charge in [-0.1, -0.05) is 13.0 Å². The van der Waals surface area contributed by atoms with E-state index in [1.807, 2.05) is 6.07 Å². The van der Waals surface area contributed by atoms with E-state index >= 15 is 0 Å². The van der Waals surface area contributed by atoms with Gasteiger partial charge >= 0.3 is 0 Å². The van der Waals surface area contributed by atoms with E-state index in [9.17, 15) is 4.79 Å². The molecule has 1 aromatic rings. The highest BCUT2D eigenvalue weighted by molar-refractivity contribution is 5.77. The van der Waals surface area contributed by atoms with Crippen LogP contribution in [0, 0.1) is 5.41 Å². The normalized spacial score (nSPS) is 26.6. The average molecular weight is 373 g/mol. The van der Waals surface area contributed by atoms with Crippen molar-refractivity contribution in [3.8, 4) is 11.5 Å². The van der Waals surface area contributed by atoms with Crippen LogP contribution in [0.25, 0.3) is 0 Å². The highest BCUT2D eigenvalue weighted by atomic mass is 16.7. The van der Waals surface area contributed by atoms with Gasteiger partial charge in [-0.15, -0.1) is 0 Å². The topological polar surface area (TPSA) is 45.2 Å². The maximum Gasteiger partial charge on any atom is 0.231 e. The molecular weight excluding hydrogens is 342 g/mol. The maximum atomic E-state index is 12.5. The van der Waals surface area contributed by atoms with Crippen LogP contribution in [0.15, 0.2) is 18.2 Å². The lowest BCUT2D eigenvalue weighted by atomic mass is 9.76. The van der Waals surface area contributed by atoms with E-state index in [1.165, 1.54) is 5.56 Å². The summed E-state index contributed by atoms with van der Waals surface area (Å²) in [6.45, 7) is 9.75. The third-order valence-electron chi connectivity index (χ3n) is 6.22. The molecule has 0 N–H and O–H groups in total. The molecule has 2 fully saturated rings.